The van der Waals surface area contributed by atoms with Gasteiger partial charge < -0.3 is 9.80 Å². The van der Waals surface area contributed by atoms with E-state index in [2.05, 4.69) is 197 Å². The molecule has 0 radical (unpaired) electrons. The lowest BCUT2D eigenvalue weighted by Crippen LogP contribution is -2.78. The summed E-state index contributed by atoms with van der Waals surface area (Å²) in [4.78, 5) is 9.56. The van der Waals surface area contributed by atoms with E-state index in [0.717, 1.165) is 11.4 Å². The lowest BCUT2D eigenvalue weighted by Gasteiger charge is -2.47. The zero-order chi connectivity index (χ0) is 34.9. The lowest BCUT2D eigenvalue weighted by atomic mass is 9.19. The van der Waals surface area contributed by atoms with Crippen LogP contribution in [0.4, 0.5) is 34.1 Å². The standard InChI is InChI=1S/C47H32B3N3/c1-4-16-33(17-5-1)48-37-22-10-11-23-38(37)50-40-25-13-15-27-43(40)53(36-28-30-51-31-29-36)47-45(50)41(48)32-44-46(47)49(34-18-6-2-7-19-34)39-24-12-14-26-42(39)52(44)35-20-8-3-9-21-35/h1-32H. The van der Waals surface area contributed by atoms with Crippen LogP contribution in [0.3, 0.4) is 0 Å². The second-order valence-electron chi connectivity index (χ2n) is 14.2. The number of fused-ring (bicyclic) bond motifs is 7. The van der Waals surface area contributed by atoms with Gasteiger partial charge in [-0.05, 0) is 64.3 Å². The van der Waals surface area contributed by atoms with Gasteiger partial charge in [0.25, 0.3) is 0 Å². The van der Waals surface area contributed by atoms with Gasteiger partial charge in [0.1, 0.15) is 0 Å². The van der Waals surface area contributed by atoms with Crippen LogP contribution in [0.25, 0.3) is 0 Å². The first-order valence-electron chi connectivity index (χ1n) is 18.5. The third-order valence-corrected chi connectivity index (χ3v) is 11.5. The molecule has 3 aliphatic heterocycles. The number of nitrogens with zero attached hydrogens (tertiary/aromatic N) is 3. The number of rotatable bonds is 4. The molecule has 0 unspecified atom stereocenters. The first-order valence-corrected chi connectivity index (χ1v) is 18.5. The molecule has 244 valence electrons. The first-order chi connectivity index (χ1) is 26.4. The highest BCUT2D eigenvalue weighted by atomic mass is 15.2. The Hall–Kier alpha value is -6.52. The maximum Gasteiger partial charge on any atom is 0.249 e. The van der Waals surface area contributed by atoms with Crippen molar-refractivity contribution < 1.29 is 0 Å². The molecule has 6 heteroatoms. The molecule has 4 heterocycles. The first kappa shape index (κ1) is 30.1. The number of hydrogen-bond donors (Lipinski definition) is 0. The van der Waals surface area contributed by atoms with Crippen LogP contribution in [-0.4, -0.2) is 25.1 Å². The van der Waals surface area contributed by atoms with E-state index in [1.807, 2.05) is 12.4 Å². The SMILES string of the molecule is c1ccc(B2c3ccccc3B3c4ccccc4N(c4ccncc4)c4c3c2cc2c4B(c3ccccc3)c3ccccc3N2c2ccccc2)cc1. The van der Waals surface area contributed by atoms with Crippen LogP contribution in [0.1, 0.15) is 0 Å². The van der Waals surface area contributed by atoms with Crippen LogP contribution in [0.15, 0.2) is 194 Å². The van der Waals surface area contributed by atoms with Crippen LogP contribution in [0.5, 0.6) is 0 Å². The largest absolute Gasteiger partial charge is 0.312 e. The molecule has 1 aromatic heterocycles. The molecule has 0 aliphatic carbocycles. The predicted molar refractivity (Wildman–Crippen MR) is 227 cm³/mol. The Balaban J connectivity index is 1.36. The van der Waals surface area contributed by atoms with Gasteiger partial charge in [-0.2, -0.15) is 0 Å². The highest BCUT2D eigenvalue weighted by molar-refractivity contribution is 7.13. The molecule has 0 atom stereocenters. The van der Waals surface area contributed by atoms with E-state index in [1.165, 1.54) is 71.9 Å². The molecule has 8 aromatic rings. The average molecular weight is 671 g/mol. The molecule has 0 saturated heterocycles. The van der Waals surface area contributed by atoms with E-state index in [0.29, 0.717) is 0 Å². The number of para-hydroxylation sites is 3. The van der Waals surface area contributed by atoms with Gasteiger partial charge in [0.2, 0.25) is 20.1 Å². The minimum atomic E-state index is -0.00902. The molecular formula is C47H32B3N3. The van der Waals surface area contributed by atoms with Gasteiger partial charge in [0.05, 0.1) is 0 Å². The molecule has 3 aliphatic rings. The van der Waals surface area contributed by atoms with E-state index in [1.54, 1.807) is 0 Å². The van der Waals surface area contributed by atoms with Crippen molar-refractivity contribution in [3.63, 3.8) is 0 Å². The van der Waals surface area contributed by atoms with Crippen molar-refractivity contribution in [2.24, 2.45) is 0 Å². The molecule has 11 rings (SSSR count). The Morgan fingerprint density at radius 2 is 0.811 bits per heavy atom. The molecule has 3 nitrogen and oxygen atoms in total. The van der Waals surface area contributed by atoms with Crippen LogP contribution in [0.2, 0.25) is 0 Å². The summed E-state index contributed by atoms with van der Waals surface area (Å²) in [7, 11) is 0. The fourth-order valence-corrected chi connectivity index (χ4v) is 9.53. The molecule has 53 heavy (non-hydrogen) atoms. The van der Waals surface area contributed by atoms with E-state index >= 15 is 0 Å². The fourth-order valence-electron chi connectivity index (χ4n) is 9.53. The molecule has 0 saturated carbocycles. The molecule has 7 aromatic carbocycles. The van der Waals surface area contributed by atoms with Crippen molar-refractivity contribution >= 4 is 103 Å². The van der Waals surface area contributed by atoms with Gasteiger partial charge in [-0.15, -0.1) is 0 Å². The van der Waals surface area contributed by atoms with Crippen molar-refractivity contribution in [3.05, 3.63) is 194 Å². The summed E-state index contributed by atoms with van der Waals surface area (Å²) in [5.41, 5.74) is 19.2. The summed E-state index contributed by atoms with van der Waals surface area (Å²) in [6, 6.07) is 67.3. The third kappa shape index (κ3) is 4.48. The van der Waals surface area contributed by atoms with Crippen molar-refractivity contribution in [3.8, 4) is 0 Å². The van der Waals surface area contributed by atoms with Crippen LogP contribution >= 0.6 is 0 Å². The van der Waals surface area contributed by atoms with Crippen molar-refractivity contribution in [2.75, 3.05) is 9.80 Å². The summed E-state index contributed by atoms with van der Waals surface area (Å²) >= 11 is 0. The maximum absolute atomic E-state index is 4.49. The molecular weight excluding hydrogens is 639 g/mol. The smallest absolute Gasteiger partial charge is 0.249 e. The van der Waals surface area contributed by atoms with Gasteiger partial charge in [-0.25, -0.2) is 0 Å². The summed E-state index contributed by atoms with van der Waals surface area (Å²) in [5, 5.41) is 0. The van der Waals surface area contributed by atoms with Crippen molar-refractivity contribution in [2.45, 2.75) is 0 Å². The normalized spacial score (nSPS) is 13.5. The van der Waals surface area contributed by atoms with Crippen molar-refractivity contribution in [1.29, 1.82) is 0 Å². The Bertz CT molecular complexity index is 2640. The van der Waals surface area contributed by atoms with Gasteiger partial charge >= 0.3 is 0 Å². The van der Waals surface area contributed by atoms with E-state index < -0.39 is 0 Å². The van der Waals surface area contributed by atoms with Gasteiger partial charge in [0.15, 0.2) is 0 Å². The second-order valence-corrected chi connectivity index (χ2v) is 14.2. The zero-order valence-corrected chi connectivity index (χ0v) is 29.0. The van der Waals surface area contributed by atoms with E-state index in [9.17, 15) is 0 Å². The minimum Gasteiger partial charge on any atom is -0.312 e. The minimum absolute atomic E-state index is 0.00902. The maximum atomic E-state index is 4.49. The summed E-state index contributed by atoms with van der Waals surface area (Å²) in [6.45, 7) is 0.108. The van der Waals surface area contributed by atoms with Crippen LogP contribution < -0.4 is 59.0 Å². The summed E-state index contributed by atoms with van der Waals surface area (Å²) < 4.78 is 0. The van der Waals surface area contributed by atoms with E-state index in [4.69, 9.17) is 0 Å². The van der Waals surface area contributed by atoms with Crippen LogP contribution in [0, 0.1) is 0 Å². The van der Waals surface area contributed by atoms with Gasteiger partial charge in [-0.3, -0.25) is 4.98 Å². The number of aromatic nitrogens is 1. The average Bonchev–Trinajstić information content (AvgIpc) is 3.24. The number of benzene rings is 7. The molecule has 0 spiro atoms. The molecule has 0 fully saturated rings. The van der Waals surface area contributed by atoms with Gasteiger partial charge in [-0.1, -0.05) is 167 Å². The Morgan fingerprint density at radius 3 is 1.45 bits per heavy atom. The van der Waals surface area contributed by atoms with Crippen molar-refractivity contribution in [1.82, 2.24) is 4.98 Å². The number of hydrogen-bond acceptors (Lipinski definition) is 3. The van der Waals surface area contributed by atoms with E-state index in [-0.39, 0.29) is 20.1 Å². The molecule has 0 bridgehead atoms. The highest BCUT2D eigenvalue weighted by Crippen LogP contribution is 2.42. The summed E-state index contributed by atoms with van der Waals surface area (Å²) in [6.07, 6.45) is 3.85. The summed E-state index contributed by atoms with van der Waals surface area (Å²) in [5.74, 6) is 0. The number of pyridine rings is 1. The Labute approximate surface area is 311 Å². The lowest BCUT2D eigenvalue weighted by molar-refractivity contribution is 1.24. The molecule has 0 amide bonds. The van der Waals surface area contributed by atoms with Crippen LogP contribution in [-0.2, 0) is 0 Å². The zero-order valence-electron chi connectivity index (χ0n) is 29.0. The number of anilines is 6. The topological polar surface area (TPSA) is 19.4 Å². The molecule has 0 N–H and O–H groups in total. The third-order valence-electron chi connectivity index (χ3n) is 11.5. The quantitative estimate of drug-likeness (QED) is 0.257. The predicted octanol–water partition coefficient (Wildman–Crippen LogP) is 4.51. The fraction of sp³-hybridized carbons (Fsp3) is 0. The second kappa shape index (κ2) is 12.0. The van der Waals surface area contributed by atoms with Gasteiger partial charge in [0, 0.05) is 46.5 Å². The monoisotopic (exact) mass is 671 g/mol. The Morgan fingerprint density at radius 1 is 0.340 bits per heavy atom. The Kier molecular flexibility index (Phi) is 6.84. The highest BCUT2D eigenvalue weighted by Gasteiger charge is 2.49.